The number of benzene rings is 3. The molecule has 4 nitrogen and oxygen atoms in total. The fraction of sp³-hybridized carbons (Fsp3) is 0.0909. The number of carbonyl (C=O) groups excluding carboxylic acids is 1. The van der Waals surface area contributed by atoms with Crippen LogP contribution >= 0.6 is 0 Å². The maximum atomic E-state index is 13.0. The molecule has 1 amide bonds. The zero-order valence-electron chi connectivity index (χ0n) is 14.6. The normalized spacial score (nSPS) is 10.8. The van der Waals surface area contributed by atoms with E-state index in [2.05, 4.69) is 11.1 Å². The van der Waals surface area contributed by atoms with Gasteiger partial charge >= 0.3 is 0 Å². The summed E-state index contributed by atoms with van der Waals surface area (Å²) < 4.78 is 5.72. The number of amides is 1. The van der Waals surface area contributed by atoms with Crippen LogP contribution in [-0.2, 0) is 0 Å². The standard InChI is InChI=1S/C22H18N2O2/c1-15-20(23-21(26-15)17-9-4-3-5-10-17)22(25)24(2)19-13-12-16-8-6-7-11-18(16)14-19/h3-14H,1-2H3. The SMILES string of the molecule is Cc1oc(-c2ccccc2)nc1C(=O)N(C)c1ccc2ccccc2c1. The Morgan fingerprint density at radius 3 is 2.38 bits per heavy atom. The van der Waals surface area contributed by atoms with E-state index < -0.39 is 0 Å². The van der Waals surface area contributed by atoms with Crippen molar-refractivity contribution in [2.24, 2.45) is 0 Å². The van der Waals surface area contributed by atoms with Crippen LogP contribution in [0, 0.1) is 6.92 Å². The molecule has 0 N–H and O–H groups in total. The highest BCUT2D eigenvalue weighted by Crippen LogP contribution is 2.25. The predicted octanol–water partition coefficient (Wildman–Crippen LogP) is 5.08. The number of carbonyl (C=O) groups is 1. The van der Waals surface area contributed by atoms with Crippen LogP contribution in [0.5, 0.6) is 0 Å². The summed E-state index contributed by atoms with van der Waals surface area (Å²) in [6.45, 7) is 1.76. The Morgan fingerprint density at radius 2 is 1.62 bits per heavy atom. The summed E-state index contributed by atoms with van der Waals surface area (Å²) in [5.41, 5.74) is 2.00. The molecule has 26 heavy (non-hydrogen) atoms. The smallest absolute Gasteiger partial charge is 0.280 e. The van der Waals surface area contributed by atoms with Gasteiger partial charge in [-0.15, -0.1) is 0 Å². The second-order valence-corrected chi connectivity index (χ2v) is 6.19. The molecule has 0 aliphatic rings. The van der Waals surface area contributed by atoms with Gasteiger partial charge in [0.05, 0.1) is 0 Å². The van der Waals surface area contributed by atoms with Crippen LogP contribution in [-0.4, -0.2) is 17.9 Å². The van der Waals surface area contributed by atoms with Crippen LogP contribution < -0.4 is 4.90 Å². The van der Waals surface area contributed by atoms with E-state index in [0.29, 0.717) is 17.3 Å². The highest BCUT2D eigenvalue weighted by molar-refractivity contribution is 6.06. The summed E-state index contributed by atoms with van der Waals surface area (Å²) in [6.07, 6.45) is 0. The van der Waals surface area contributed by atoms with Gasteiger partial charge in [0.1, 0.15) is 5.76 Å². The Labute approximate surface area is 151 Å². The predicted molar refractivity (Wildman–Crippen MR) is 103 cm³/mol. The van der Waals surface area contributed by atoms with Crippen LogP contribution in [0.3, 0.4) is 0 Å². The first-order chi connectivity index (χ1) is 12.6. The van der Waals surface area contributed by atoms with Gasteiger partial charge in [0.25, 0.3) is 5.91 Å². The van der Waals surface area contributed by atoms with E-state index >= 15 is 0 Å². The number of hydrogen-bond acceptors (Lipinski definition) is 3. The number of hydrogen-bond donors (Lipinski definition) is 0. The monoisotopic (exact) mass is 342 g/mol. The Bertz CT molecular complexity index is 1080. The van der Waals surface area contributed by atoms with E-state index in [4.69, 9.17) is 4.42 Å². The minimum atomic E-state index is -0.191. The second kappa shape index (κ2) is 6.48. The molecule has 3 aromatic carbocycles. The largest absolute Gasteiger partial charge is 0.441 e. The van der Waals surface area contributed by atoms with Crippen molar-refractivity contribution >= 4 is 22.4 Å². The zero-order chi connectivity index (χ0) is 18.1. The first kappa shape index (κ1) is 16.1. The number of aromatic nitrogens is 1. The summed E-state index contributed by atoms with van der Waals surface area (Å²) in [5.74, 6) is 0.781. The van der Waals surface area contributed by atoms with Crippen molar-refractivity contribution in [2.75, 3.05) is 11.9 Å². The quantitative estimate of drug-likeness (QED) is 0.521. The zero-order valence-corrected chi connectivity index (χ0v) is 14.6. The van der Waals surface area contributed by atoms with Crippen molar-refractivity contribution in [3.8, 4) is 11.5 Å². The van der Waals surface area contributed by atoms with E-state index in [1.165, 1.54) is 0 Å². The van der Waals surface area contributed by atoms with E-state index in [1.807, 2.05) is 66.7 Å². The highest BCUT2D eigenvalue weighted by Gasteiger charge is 2.22. The van der Waals surface area contributed by atoms with E-state index in [1.54, 1.807) is 18.9 Å². The highest BCUT2D eigenvalue weighted by atomic mass is 16.4. The van der Waals surface area contributed by atoms with Gasteiger partial charge in [-0.2, -0.15) is 0 Å². The first-order valence-electron chi connectivity index (χ1n) is 8.43. The lowest BCUT2D eigenvalue weighted by atomic mass is 10.1. The molecule has 0 fully saturated rings. The molecule has 4 aromatic rings. The van der Waals surface area contributed by atoms with Gasteiger partial charge in [-0.25, -0.2) is 4.98 Å². The molecule has 0 bridgehead atoms. The molecule has 0 spiro atoms. The third-order valence-electron chi connectivity index (χ3n) is 4.44. The molecule has 0 aliphatic carbocycles. The summed E-state index contributed by atoms with van der Waals surface area (Å²) >= 11 is 0. The van der Waals surface area contributed by atoms with Gasteiger partial charge in [0.15, 0.2) is 5.69 Å². The van der Waals surface area contributed by atoms with Gasteiger partial charge in [0.2, 0.25) is 5.89 Å². The van der Waals surface area contributed by atoms with Crippen LogP contribution in [0.1, 0.15) is 16.2 Å². The van der Waals surface area contributed by atoms with E-state index in [0.717, 1.165) is 22.0 Å². The van der Waals surface area contributed by atoms with Crippen molar-refractivity contribution in [3.05, 3.63) is 84.3 Å². The van der Waals surface area contributed by atoms with Crippen molar-refractivity contribution in [3.63, 3.8) is 0 Å². The number of aryl methyl sites for hydroxylation is 1. The second-order valence-electron chi connectivity index (χ2n) is 6.19. The summed E-state index contributed by atoms with van der Waals surface area (Å²) in [6, 6.07) is 23.6. The Hall–Kier alpha value is -3.40. The van der Waals surface area contributed by atoms with Crippen LogP contribution in [0.25, 0.3) is 22.2 Å². The Morgan fingerprint density at radius 1 is 0.923 bits per heavy atom. The molecule has 0 unspecified atom stereocenters. The first-order valence-corrected chi connectivity index (χ1v) is 8.43. The third-order valence-corrected chi connectivity index (χ3v) is 4.44. The lowest BCUT2D eigenvalue weighted by Crippen LogP contribution is -2.27. The molecule has 4 heteroatoms. The van der Waals surface area contributed by atoms with Crippen LogP contribution in [0.15, 0.2) is 77.2 Å². The average Bonchev–Trinajstić information content (AvgIpc) is 3.09. The number of nitrogens with zero attached hydrogens (tertiary/aromatic N) is 2. The van der Waals surface area contributed by atoms with Crippen LogP contribution in [0.4, 0.5) is 5.69 Å². The van der Waals surface area contributed by atoms with Gasteiger partial charge in [-0.3, -0.25) is 4.79 Å². The molecule has 0 aliphatic heterocycles. The lowest BCUT2D eigenvalue weighted by Gasteiger charge is -2.17. The maximum absolute atomic E-state index is 13.0. The number of oxazole rings is 1. The number of fused-ring (bicyclic) bond motifs is 1. The van der Waals surface area contributed by atoms with E-state index in [-0.39, 0.29) is 5.91 Å². The van der Waals surface area contributed by atoms with E-state index in [9.17, 15) is 4.79 Å². The third kappa shape index (κ3) is 2.86. The topological polar surface area (TPSA) is 46.3 Å². The number of anilines is 1. The number of rotatable bonds is 3. The van der Waals surface area contributed by atoms with Gasteiger partial charge < -0.3 is 9.32 Å². The minimum absolute atomic E-state index is 0.191. The molecule has 0 radical (unpaired) electrons. The lowest BCUT2D eigenvalue weighted by molar-refractivity contribution is 0.0987. The molecule has 1 aromatic heterocycles. The summed E-state index contributed by atoms with van der Waals surface area (Å²) in [4.78, 5) is 19.0. The molecular formula is C22H18N2O2. The Balaban J connectivity index is 1.67. The van der Waals surface area contributed by atoms with Gasteiger partial charge in [0, 0.05) is 18.3 Å². The molecule has 0 saturated carbocycles. The molecule has 0 saturated heterocycles. The fourth-order valence-electron chi connectivity index (χ4n) is 2.96. The summed E-state index contributed by atoms with van der Waals surface area (Å²) in [7, 11) is 1.75. The van der Waals surface area contributed by atoms with Gasteiger partial charge in [-0.1, -0.05) is 48.5 Å². The van der Waals surface area contributed by atoms with Crippen molar-refractivity contribution in [1.29, 1.82) is 0 Å². The van der Waals surface area contributed by atoms with Crippen molar-refractivity contribution in [1.82, 2.24) is 4.98 Å². The van der Waals surface area contributed by atoms with Gasteiger partial charge in [-0.05, 0) is 42.0 Å². The maximum Gasteiger partial charge on any atom is 0.280 e. The fourth-order valence-corrected chi connectivity index (χ4v) is 2.96. The van der Waals surface area contributed by atoms with Crippen molar-refractivity contribution in [2.45, 2.75) is 6.92 Å². The van der Waals surface area contributed by atoms with Crippen molar-refractivity contribution < 1.29 is 9.21 Å². The summed E-state index contributed by atoms with van der Waals surface area (Å²) in [5, 5.41) is 2.23. The minimum Gasteiger partial charge on any atom is -0.441 e. The molecule has 4 rings (SSSR count). The average molecular weight is 342 g/mol. The Kier molecular flexibility index (Phi) is 4.01. The molecule has 1 heterocycles. The molecular weight excluding hydrogens is 324 g/mol. The molecule has 0 atom stereocenters. The van der Waals surface area contributed by atoms with Crippen LogP contribution in [0.2, 0.25) is 0 Å². The molecule has 128 valence electrons.